The van der Waals surface area contributed by atoms with Gasteiger partial charge in [0.1, 0.15) is 12.1 Å². The fourth-order valence-corrected chi connectivity index (χ4v) is 5.33. The lowest BCUT2D eigenvalue weighted by Gasteiger charge is -2.47. The van der Waals surface area contributed by atoms with E-state index in [2.05, 4.69) is 16.0 Å². The van der Waals surface area contributed by atoms with E-state index in [1.165, 1.54) is 33.3 Å². The molecule has 5 N–H and O–H groups in total. The first-order valence-corrected chi connectivity index (χ1v) is 11.7. The molecule has 1 aromatic rings. The second kappa shape index (κ2) is 10.4. The van der Waals surface area contributed by atoms with Crippen LogP contribution in [0.5, 0.6) is 0 Å². The summed E-state index contributed by atoms with van der Waals surface area (Å²) in [5, 5.41) is 29.1. The van der Waals surface area contributed by atoms with Crippen molar-refractivity contribution < 1.29 is 38.9 Å². The van der Waals surface area contributed by atoms with Crippen molar-refractivity contribution in [1.29, 1.82) is 0 Å². The Balaban J connectivity index is 2.22. The number of allylic oxidation sites excluding steroid dienone is 1. The number of carbonyl (C=O) groups excluding carboxylic acids is 4. The fraction of sp³-hybridized carbons (Fsp3) is 0.480. The topological polar surface area (TPSA) is 174 Å². The third-order valence-electron chi connectivity index (χ3n) is 6.94. The summed E-state index contributed by atoms with van der Waals surface area (Å²) in [6, 6.07) is 3.70. The van der Waals surface area contributed by atoms with Gasteiger partial charge in [-0.2, -0.15) is 0 Å². The Bertz CT molecular complexity index is 1160. The molecule has 12 heteroatoms. The maximum atomic E-state index is 14.1. The van der Waals surface area contributed by atoms with Gasteiger partial charge in [0.25, 0.3) is 11.8 Å². The fourth-order valence-electron chi connectivity index (χ4n) is 5.33. The highest BCUT2D eigenvalue weighted by atomic mass is 16.5. The van der Waals surface area contributed by atoms with Gasteiger partial charge in [-0.1, -0.05) is 23.8 Å². The standard InChI is InChI=1S/C25H32N4O8/c1-13(2)12-17(30)16(10-11-18(31)32)28-23(35)24-22(34)27-15-9-7-6-8-14(15)25(24,36)20(37-5)19(29(24)4)21(33)26-3/h6-9,12,16,19-20,36H,10-11H2,1-5H3,(H,26,33)(H,27,34)(H,28,35)(H,31,32)/t16-,19+,20-,24-,25+/m0/s1. The van der Waals surface area contributed by atoms with Crippen molar-refractivity contribution in [2.24, 2.45) is 0 Å². The van der Waals surface area contributed by atoms with Crippen LogP contribution < -0.4 is 16.0 Å². The molecular formula is C25H32N4O8. The lowest BCUT2D eigenvalue weighted by atomic mass is 9.69. The number of aliphatic hydroxyl groups is 1. The van der Waals surface area contributed by atoms with Crippen LogP contribution in [0, 0.1) is 0 Å². The number of para-hydroxylation sites is 1. The molecule has 37 heavy (non-hydrogen) atoms. The second-order valence-electron chi connectivity index (χ2n) is 9.39. The summed E-state index contributed by atoms with van der Waals surface area (Å²) in [6.45, 7) is 3.33. The Morgan fingerprint density at radius 2 is 1.89 bits per heavy atom. The van der Waals surface area contributed by atoms with Crippen molar-refractivity contribution in [2.75, 3.05) is 26.5 Å². The van der Waals surface area contributed by atoms with Crippen molar-refractivity contribution in [3.8, 4) is 0 Å². The maximum Gasteiger partial charge on any atom is 0.303 e. The molecule has 5 atom stereocenters. The normalized spacial score (nSPS) is 27.2. The van der Waals surface area contributed by atoms with Crippen molar-refractivity contribution in [3.63, 3.8) is 0 Å². The number of ketones is 1. The predicted molar refractivity (Wildman–Crippen MR) is 131 cm³/mol. The van der Waals surface area contributed by atoms with E-state index in [4.69, 9.17) is 9.84 Å². The minimum atomic E-state index is -2.45. The van der Waals surface area contributed by atoms with Gasteiger partial charge in [0.15, 0.2) is 11.4 Å². The molecule has 3 amide bonds. The summed E-state index contributed by atoms with van der Waals surface area (Å²) in [5.41, 5.74) is -3.82. The van der Waals surface area contributed by atoms with Crippen LogP contribution in [-0.4, -0.2) is 89.5 Å². The summed E-state index contributed by atoms with van der Waals surface area (Å²) in [6.07, 6.45) is -0.804. The number of fused-ring (bicyclic) bond motifs is 3. The van der Waals surface area contributed by atoms with Gasteiger partial charge in [-0.15, -0.1) is 0 Å². The van der Waals surface area contributed by atoms with Gasteiger partial charge in [-0.25, -0.2) is 0 Å². The number of anilines is 1. The monoisotopic (exact) mass is 516 g/mol. The van der Waals surface area contributed by atoms with Gasteiger partial charge < -0.3 is 30.9 Å². The summed E-state index contributed by atoms with van der Waals surface area (Å²) < 4.78 is 5.59. The van der Waals surface area contributed by atoms with Crippen LogP contribution in [0.4, 0.5) is 5.69 Å². The van der Waals surface area contributed by atoms with Gasteiger partial charge in [-0.05, 0) is 39.5 Å². The van der Waals surface area contributed by atoms with E-state index < -0.39 is 65.2 Å². The number of nitrogens with zero attached hydrogens (tertiary/aromatic N) is 1. The number of methoxy groups -OCH3 is 1. The Morgan fingerprint density at radius 3 is 2.46 bits per heavy atom. The molecule has 0 saturated carbocycles. The minimum absolute atomic E-state index is 0.146. The first kappa shape index (κ1) is 28.0. The van der Waals surface area contributed by atoms with Crippen molar-refractivity contribution in [3.05, 3.63) is 41.5 Å². The van der Waals surface area contributed by atoms with E-state index in [9.17, 15) is 29.1 Å². The van der Waals surface area contributed by atoms with Crippen molar-refractivity contribution >= 4 is 35.2 Å². The minimum Gasteiger partial charge on any atom is -0.481 e. The predicted octanol–water partition coefficient (Wildman–Crippen LogP) is -0.475. The lowest BCUT2D eigenvalue weighted by Crippen LogP contribution is -2.74. The van der Waals surface area contributed by atoms with E-state index in [0.29, 0.717) is 5.57 Å². The number of likely N-dealkylation sites (N-methyl/N-ethyl adjacent to an activating group) is 2. The highest BCUT2D eigenvalue weighted by molar-refractivity contribution is 6.20. The number of carboxylic acid groups (broad SMARTS) is 1. The molecule has 12 nitrogen and oxygen atoms in total. The molecule has 2 aliphatic rings. The first-order chi connectivity index (χ1) is 17.4. The summed E-state index contributed by atoms with van der Waals surface area (Å²) in [4.78, 5) is 66.1. The molecule has 3 rings (SSSR count). The zero-order valence-corrected chi connectivity index (χ0v) is 21.3. The number of nitrogens with one attached hydrogen (secondary N) is 3. The molecule has 0 unspecified atom stereocenters. The van der Waals surface area contributed by atoms with E-state index >= 15 is 0 Å². The Kier molecular flexibility index (Phi) is 7.86. The number of hydrogen-bond acceptors (Lipinski definition) is 8. The van der Waals surface area contributed by atoms with Crippen LogP contribution in [0.25, 0.3) is 0 Å². The van der Waals surface area contributed by atoms with Gasteiger partial charge in [0.2, 0.25) is 11.4 Å². The van der Waals surface area contributed by atoms with Crippen LogP contribution >= 0.6 is 0 Å². The molecule has 1 aromatic carbocycles. The van der Waals surface area contributed by atoms with Gasteiger partial charge in [-0.3, -0.25) is 28.9 Å². The number of carboxylic acids is 1. The van der Waals surface area contributed by atoms with Crippen molar-refractivity contribution in [1.82, 2.24) is 15.5 Å². The molecule has 1 fully saturated rings. The zero-order valence-electron chi connectivity index (χ0n) is 21.3. The number of amides is 3. The summed E-state index contributed by atoms with van der Waals surface area (Å²) in [5.74, 6) is -4.38. The number of ether oxygens (including phenoxy) is 1. The SMILES string of the molecule is CNC(=O)[C@H]1[C@H](OC)[C@]2(O)c3ccccc3NC(=O)[C@@]2(C(=O)N[C@@H](CCC(=O)O)C(=O)C=C(C)C)N1C. The lowest BCUT2D eigenvalue weighted by molar-refractivity contribution is -0.168. The highest BCUT2D eigenvalue weighted by Crippen LogP contribution is 2.54. The average Bonchev–Trinajstić information content (AvgIpc) is 3.05. The average molecular weight is 517 g/mol. The van der Waals surface area contributed by atoms with Gasteiger partial charge >= 0.3 is 5.97 Å². The Morgan fingerprint density at radius 1 is 1.24 bits per heavy atom. The number of carbonyl (C=O) groups is 5. The summed E-state index contributed by atoms with van der Waals surface area (Å²) in [7, 11) is 3.96. The van der Waals surface area contributed by atoms with E-state index in [1.807, 2.05) is 0 Å². The Hall–Kier alpha value is -3.61. The van der Waals surface area contributed by atoms with Crippen LogP contribution in [0.15, 0.2) is 35.9 Å². The summed E-state index contributed by atoms with van der Waals surface area (Å²) >= 11 is 0. The van der Waals surface area contributed by atoms with Crippen LogP contribution in [0.3, 0.4) is 0 Å². The molecule has 2 heterocycles. The number of rotatable bonds is 9. The van der Waals surface area contributed by atoms with Crippen LogP contribution in [-0.2, 0) is 34.3 Å². The van der Waals surface area contributed by atoms with Crippen LogP contribution in [0.1, 0.15) is 32.3 Å². The molecule has 0 aromatic heterocycles. The molecule has 0 bridgehead atoms. The smallest absolute Gasteiger partial charge is 0.303 e. The molecule has 200 valence electrons. The first-order valence-electron chi connectivity index (χ1n) is 11.7. The largest absolute Gasteiger partial charge is 0.481 e. The molecule has 0 radical (unpaired) electrons. The quantitative estimate of drug-likeness (QED) is 0.215. The molecular weight excluding hydrogens is 484 g/mol. The van der Waals surface area contributed by atoms with E-state index in [0.717, 1.165) is 4.90 Å². The molecule has 0 spiro atoms. The number of aliphatic carboxylic acids is 1. The maximum absolute atomic E-state index is 14.1. The highest BCUT2D eigenvalue weighted by Gasteiger charge is 2.78. The van der Waals surface area contributed by atoms with E-state index in [-0.39, 0.29) is 17.7 Å². The number of likely N-dealkylation sites (tertiary alicyclic amines) is 1. The molecule has 0 aliphatic carbocycles. The zero-order chi connectivity index (χ0) is 27.7. The number of benzene rings is 1. The molecule has 1 saturated heterocycles. The molecule has 2 aliphatic heterocycles. The third kappa shape index (κ3) is 4.30. The van der Waals surface area contributed by atoms with Gasteiger partial charge in [0.05, 0.1) is 6.04 Å². The van der Waals surface area contributed by atoms with Crippen molar-refractivity contribution in [2.45, 2.75) is 56.0 Å². The van der Waals surface area contributed by atoms with Crippen LogP contribution in [0.2, 0.25) is 0 Å². The number of hydrogen-bond donors (Lipinski definition) is 5. The van der Waals surface area contributed by atoms with E-state index in [1.54, 1.807) is 32.0 Å². The van der Waals surface area contributed by atoms with Gasteiger partial charge in [0, 0.05) is 31.8 Å². The second-order valence-corrected chi connectivity index (χ2v) is 9.39. The Labute approximate surface area is 214 Å². The third-order valence-corrected chi connectivity index (χ3v) is 6.94.